The van der Waals surface area contributed by atoms with E-state index in [0.29, 0.717) is 5.90 Å². The van der Waals surface area contributed by atoms with Gasteiger partial charge in [-0.15, -0.1) is 0 Å². The molecule has 3 aromatic rings. The molecule has 3 aromatic carbocycles. The second kappa shape index (κ2) is 9.05. The van der Waals surface area contributed by atoms with Crippen LogP contribution in [0.15, 0.2) is 89.6 Å². The fourth-order valence-corrected chi connectivity index (χ4v) is 2.54. The largest absolute Gasteiger partial charge is 0.465 e. The first-order valence-corrected chi connectivity index (χ1v) is 9.30. The molecule has 0 bridgehead atoms. The van der Waals surface area contributed by atoms with Crippen molar-refractivity contribution >= 4 is 11.6 Å². The van der Waals surface area contributed by atoms with Crippen LogP contribution in [0, 0.1) is 20.8 Å². The third-order valence-electron chi connectivity index (χ3n) is 4.20. The van der Waals surface area contributed by atoms with Crippen molar-refractivity contribution in [3.05, 3.63) is 101 Å². The maximum absolute atomic E-state index is 6.10. The van der Waals surface area contributed by atoms with Gasteiger partial charge in [0.2, 0.25) is 5.90 Å². The molecule has 3 heteroatoms. The molecule has 0 radical (unpaired) electrons. The SMILES string of the molecule is CC(=COc1ccc(C)cc1)C(=Nc1ccc(C)cc1)Oc1cccc(C)c1. The van der Waals surface area contributed by atoms with E-state index in [4.69, 9.17) is 14.5 Å². The van der Waals surface area contributed by atoms with Gasteiger partial charge >= 0.3 is 0 Å². The zero-order chi connectivity index (χ0) is 19.9. The minimum Gasteiger partial charge on any atom is -0.465 e. The summed E-state index contributed by atoms with van der Waals surface area (Å²) in [6.45, 7) is 8.06. The zero-order valence-corrected chi connectivity index (χ0v) is 16.8. The van der Waals surface area contributed by atoms with Crippen LogP contribution in [-0.2, 0) is 0 Å². The quantitative estimate of drug-likeness (QED) is 0.284. The minimum atomic E-state index is 0.501. The van der Waals surface area contributed by atoms with Gasteiger partial charge in [-0.3, -0.25) is 0 Å². The van der Waals surface area contributed by atoms with Crippen LogP contribution in [0.5, 0.6) is 11.5 Å². The van der Waals surface area contributed by atoms with Gasteiger partial charge in [-0.05, 0) is 69.7 Å². The van der Waals surface area contributed by atoms with E-state index in [0.717, 1.165) is 28.3 Å². The normalized spacial score (nSPS) is 12.0. The number of benzene rings is 3. The molecule has 0 saturated carbocycles. The molecule has 0 saturated heterocycles. The van der Waals surface area contributed by atoms with Gasteiger partial charge in [0.15, 0.2) is 0 Å². The highest BCUT2D eigenvalue weighted by molar-refractivity contribution is 5.96. The molecule has 3 nitrogen and oxygen atoms in total. The number of nitrogens with zero attached hydrogens (tertiary/aromatic N) is 1. The average molecular weight is 371 g/mol. The molecule has 0 fully saturated rings. The van der Waals surface area contributed by atoms with Crippen LogP contribution in [0.4, 0.5) is 5.69 Å². The van der Waals surface area contributed by atoms with E-state index in [1.807, 2.05) is 93.6 Å². The third-order valence-corrected chi connectivity index (χ3v) is 4.20. The standard InChI is InChI=1S/C25H25NO2/c1-18-8-12-22(13-9-18)26-25(28-24-7-5-6-20(3)16-24)21(4)17-27-23-14-10-19(2)11-15-23/h5-17H,1-4H3. The van der Waals surface area contributed by atoms with E-state index in [1.54, 1.807) is 6.26 Å². The third kappa shape index (κ3) is 5.58. The Morgan fingerprint density at radius 3 is 2.04 bits per heavy atom. The van der Waals surface area contributed by atoms with Gasteiger partial charge in [0.05, 0.1) is 11.9 Å². The van der Waals surface area contributed by atoms with Gasteiger partial charge in [-0.25, -0.2) is 4.99 Å². The van der Waals surface area contributed by atoms with E-state index < -0.39 is 0 Å². The van der Waals surface area contributed by atoms with Crippen molar-refractivity contribution in [2.24, 2.45) is 4.99 Å². The van der Waals surface area contributed by atoms with Crippen LogP contribution in [0.1, 0.15) is 23.6 Å². The molecule has 0 atom stereocenters. The summed E-state index contributed by atoms with van der Waals surface area (Å²) >= 11 is 0. The second-order valence-corrected chi connectivity index (χ2v) is 6.90. The molecule has 0 heterocycles. The van der Waals surface area contributed by atoms with Crippen molar-refractivity contribution in [1.29, 1.82) is 0 Å². The van der Waals surface area contributed by atoms with Gasteiger partial charge in [-0.1, -0.05) is 47.5 Å². The topological polar surface area (TPSA) is 30.8 Å². The highest BCUT2D eigenvalue weighted by atomic mass is 16.5. The van der Waals surface area contributed by atoms with E-state index in [-0.39, 0.29) is 0 Å². The van der Waals surface area contributed by atoms with Crippen molar-refractivity contribution < 1.29 is 9.47 Å². The zero-order valence-electron chi connectivity index (χ0n) is 16.8. The Morgan fingerprint density at radius 1 is 0.750 bits per heavy atom. The molecule has 0 N–H and O–H groups in total. The summed E-state index contributed by atoms with van der Waals surface area (Å²) < 4.78 is 11.9. The molecular formula is C25H25NO2. The van der Waals surface area contributed by atoms with E-state index in [2.05, 4.69) is 6.92 Å². The Labute approximate surface area is 167 Å². The highest BCUT2D eigenvalue weighted by Crippen LogP contribution is 2.20. The lowest BCUT2D eigenvalue weighted by Crippen LogP contribution is -2.11. The Morgan fingerprint density at radius 2 is 1.39 bits per heavy atom. The van der Waals surface area contributed by atoms with Crippen molar-refractivity contribution in [1.82, 2.24) is 0 Å². The number of aryl methyl sites for hydroxylation is 3. The van der Waals surface area contributed by atoms with Crippen molar-refractivity contribution in [2.75, 3.05) is 0 Å². The van der Waals surface area contributed by atoms with Crippen molar-refractivity contribution in [3.63, 3.8) is 0 Å². The Bertz CT molecular complexity index is 984. The summed E-state index contributed by atoms with van der Waals surface area (Å²) in [5.41, 5.74) is 5.14. The molecular weight excluding hydrogens is 346 g/mol. The van der Waals surface area contributed by atoms with E-state index in [9.17, 15) is 0 Å². The minimum absolute atomic E-state index is 0.501. The van der Waals surface area contributed by atoms with Crippen LogP contribution < -0.4 is 9.47 Å². The molecule has 3 rings (SSSR count). The van der Waals surface area contributed by atoms with Gasteiger partial charge < -0.3 is 9.47 Å². The fraction of sp³-hybridized carbons (Fsp3) is 0.160. The van der Waals surface area contributed by atoms with Crippen LogP contribution in [0.25, 0.3) is 0 Å². The number of rotatable bonds is 5. The Hall–Kier alpha value is -3.33. The summed E-state index contributed by atoms with van der Waals surface area (Å²) in [5.74, 6) is 2.02. The van der Waals surface area contributed by atoms with Gasteiger partial charge in [0.25, 0.3) is 0 Å². The predicted molar refractivity (Wildman–Crippen MR) is 116 cm³/mol. The van der Waals surface area contributed by atoms with Crippen molar-refractivity contribution in [2.45, 2.75) is 27.7 Å². The number of aliphatic imine (C=N–C) groups is 1. The van der Waals surface area contributed by atoms with Gasteiger partial charge in [0, 0.05) is 5.57 Å². The monoisotopic (exact) mass is 371 g/mol. The summed E-state index contributed by atoms with van der Waals surface area (Å²) in [4.78, 5) is 4.70. The van der Waals surface area contributed by atoms with E-state index >= 15 is 0 Å². The molecule has 0 aliphatic rings. The maximum atomic E-state index is 6.10. The fourth-order valence-electron chi connectivity index (χ4n) is 2.54. The molecule has 28 heavy (non-hydrogen) atoms. The summed E-state index contributed by atoms with van der Waals surface area (Å²) in [6, 6.07) is 23.8. The second-order valence-electron chi connectivity index (χ2n) is 6.90. The molecule has 0 spiro atoms. The van der Waals surface area contributed by atoms with Gasteiger partial charge in [-0.2, -0.15) is 0 Å². The average Bonchev–Trinajstić information content (AvgIpc) is 2.68. The highest BCUT2D eigenvalue weighted by Gasteiger charge is 2.08. The lowest BCUT2D eigenvalue weighted by molar-refractivity contribution is 0.473. The van der Waals surface area contributed by atoms with Gasteiger partial charge in [0.1, 0.15) is 11.5 Å². The first-order valence-electron chi connectivity index (χ1n) is 9.30. The molecule has 0 aliphatic carbocycles. The lowest BCUT2D eigenvalue weighted by Gasteiger charge is -2.11. The first kappa shape index (κ1) is 19.4. The van der Waals surface area contributed by atoms with Crippen LogP contribution in [0.3, 0.4) is 0 Å². The predicted octanol–water partition coefficient (Wildman–Crippen LogP) is 6.70. The van der Waals surface area contributed by atoms with Crippen LogP contribution >= 0.6 is 0 Å². The first-order chi connectivity index (χ1) is 13.5. The number of ether oxygens (including phenoxy) is 2. The summed E-state index contributed by atoms with van der Waals surface area (Å²) in [7, 11) is 0. The maximum Gasteiger partial charge on any atom is 0.225 e. The number of hydrogen-bond donors (Lipinski definition) is 0. The molecule has 142 valence electrons. The lowest BCUT2D eigenvalue weighted by atomic mass is 10.2. The van der Waals surface area contributed by atoms with Crippen LogP contribution in [-0.4, -0.2) is 5.90 Å². The van der Waals surface area contributed by atoms with E-state index in [1.165, 1.54) is 11.1 Å². The smallest absolute Gasteiger partial charge is 0.225 e. The van der Waals surface area contributed by atoms with Crippen LogP contribution in [0.2, 0.25) is 0 Å². The molecule has 0 aromatic heterocycles. The number of hydrogen-bond acceptors (Lipinski definition) is 3. The Kier molecular flexibility index (Phi) is 6.28. The van der Waals surface area contributed by atoms with Crippen molar-refractivity contribution in [3.8, 4) is 11.5 Å². The molecule has 0 unspecified atom stereocenters. The molecule has 0 amide bonds. The summed E-state index contributed by atoms with van der Waals surface area (Å²) in [5, 5.41) is 0. The summed E-state index contributed by atoms with van der Waals surface area (Å²) in [6.07, 6.45) is 1.67. The molecule has 0 aliphatic heterocycles. The Balaban J connectivity index is 1.88.